The van der Waals surface area contributed by atoms with Gasteiger partial charge in [0.25, 0.3) is 10.1 Å². The molecule has 0 heterocycles. The van der Waals surface area contributed by atoms with Crippen molar-refractivity contribution in [2.24, 2.45) is 0 Å². The van der Waals surface area contributed by atoms with Gasteiger partial charge in [0.2, 0.25) is 0 Å². The highest BCUT2D eigenvalue weighted by atomic mass is 32.2. The molecule has 0 spiro atoms. The van der Waals surface area contributed by atoms with Crippen LogP contribution in [0.25, 0.3) is 0 Å². The predicted molar refractivity (Wildman–Crippen MR) is 106 cm³/mol. The van der Waals surface area contributed by atoms with Crippen LogP contribution in [0.5, 0.6) is 0 Å². The molecule has 0 saturated carbocycles. The predicted octanol–water partition coefficient (Wildman–Crippen LogP) is 6.09. The van der Waals surface area contributed by atoms with Crippen molar-refractivity contribution < 1.29 is 17.8 Å². The number of rotatable bonds is 19. The van der Waals surface area contributed by atoms with Gasteiger partial charge in [0.1, 0.15) is 5.78 Å². The third kappa shape index (κ3) is 23.6. The monoisotopic (exact) mass is 376 g/mol. The molecule has 0 atom stereocenters. The maximum Gasteiger partial charge on any atom is 0.264 e. The minimum absolute atomic E-state index is 0.0919. The van der Waals surface area contributed by atoms with Crippen molar-refractivity contribution in [2.45, 2.75) is 116 Å². The van der Waals surface area contributed by atoms with Gasteiger partial charge in [0, 0.05) is 6.42 Å². The van der Waals surface area contributed by atoms with E-state index in [2.05, 4.69) is 0 Å². The summed E-state index contributed by atoms with van der Waals surface area (Å²) in [6, 6.07) is 0. The third-order valence-electron chi connectivity index (χ3n) is 4.68. The molecule has 25 heavy (non-hydrogen) atoms. The lowest BCUT2D eigenvalue weighted by molar-refractivity contribution is -0.117. The average Bonchev–Trinajstić information content (AvgIpc) is 2.52. The summed E-state index contributed by atoms with van der Waals surface area (Å²) in [6.07, 6.45) is 19.9. The third-order valence-corrected chi connectivity index (χ3v) is 5.49. The van der Waals surface area contributed by atoms with Crippen LogP contribution in [0.15, 0.2) is 0 Å². The quantitative estimate of drug-likeness (QED) is 0.218. The van der Waals surface area contributed by atoms with E-state index in [0.29, 0.717) is 12.2 Å². The Morgan fingerprint density at radius 3 is 1.16 bits per heavy atom. The standard InChI is InChI=1S/C20H40O4S/c1-20(21)18-16-14-12-10-8-6-4-2-3-5-7-9-11-13-15-17-19-25(22,23)24/h2-19H2,1H3,(H,22,23,24). The number of ketones is 1. The van der Waals surface area contributed by atoms with Crippen molar-refractivity contribution in [1.29, 1.82) is 0 Å². The van der Waals surface area contributed by atoms with E-state index in [-0.39, 0.29) is 5.75 Å². The fourth-order valence-electron chi connectivity index (χ4n) is 3.13. The van der Waals surface area contributed by atoms with Crippen LogP contribution in [-0.4, -0.2) is 24.5 Å². The molecule has 0 aromatic rings. The highest BCUT2D eigenvalue weighted by molar-refractivity contribution is 7.85. The first kappa shape index (κ1) is 24.6. The molecule has 0 bridgehead atoms. The lowest BCUT2D eigenvalue weighted by atomic mass is 10.0. The zero-order valence-corrected chi connectivity index (χ0v) is 17.1. The first-order valence-corrected chi connectivity index (χ1v) is 12.0. The van der Waals surface area contributed by atoms with Gasteiger partial charge < -0.3 is 4.79 Å². The largest absolute Gasteiger partial charge is 0.300 e. The molecule has 0 amide bonds. The van der Waals surface area contributed by atoms with Crippen LogP contribution in [0.3, 0.4) is 0 Å². The number of hydrogen-bond acceptors (Lipinski definition) is 3. The summed E-state index contributed by atoms with van der Waals surface area (Å²) in [5.41, 5.74) is 0. The second-order valence-electron chi connectivity index (χ2n) is 7.39. The smallest absolute Gasteiger partial charge is 0.264 e. The van der Waals surface area contributed by atoms with Gasteiger partial charge in [-0.3, -0.25) is 4.55 Å². The van der Waals surface area contributed by atoms with Gasteiger partial charge in [-0.2, -0.15) is 8.42 Å². The summed E-state index contributed by atoms with van der Waals surface area (Å²) in [7, 11) is -3.76. The zero-order valence-electron chi connectivity index (χ0n) is 16.3. The minimum Gasteiger partial charge on any atom is -0.300 e. The van der Waals surface area contributed by atoms with Gasteiger partial charge in [-0.05, 0) is 19.8 Å². The van der Waals surface area contributed by atoms with E-state index in [0.717, 1.165) is 25.7 Å². The molecule has 0 saturated heterocycles. The fraction of sp³-hybridized carbons (Fsp3) is 0.950. The second-order valence-corrected chi connectivity index (χ2v) is 8.97. The Bertz CT molecular complexity index is 404. The Labute approximate surface area is 155 Å². The molecule has 0 rings (SSSR count). The fourth-order valence-corrected chi connectivity index (χ4v) is 3.70. The van der Waals surface area contributed by atoms with E-state index < -0.39 is 10.1 Å². The molecule has 0 unspecified atom stereocenters. The molecule has 0 aromatic carbocycles. The van der Waals surface area contributed by atoms with Gasteiger partial charge in [-0.15, -0.1) is 0 Å². The van der Waals surface area contributed by atoms with Crippen LogP contribution in [0.1, 0.15) is 116 Å². The molecule has 0 radical (unpaired) electrons. The maximum absolute atomic E-state index is 10.8. The number of Topliss-reactive ketones (excluding diaryl/α,β-unsaturated/α-hetero) is 1. The van der Waals surface area contributed by atoms with Gasteiger partial charge >= 0.3 is 0 Å². The topological polar surface area (TPSA) is 71.4 Å². The molecular weight excluding hydrogens is 336 g/mol. The van der Waals surface area contributed by atoms with Crippen LogP contribution >= 0.6 is 0 Å². The zero-order chi connectivity index (χ0) is 18.8. The van der Waals surface area contributed by atoms with Crippen molar-refractivity contribution in [2.75, 3.05) is 5.75 Å². The molecule has 1 N–H and O–H groups in total. The number of unbranched alkanes of at least 4 members (excludes halogenated alkanes) is 15. The first-order valence-electron chi connectivity index (χ1n) is 10.4. The van der Waals surface area contributed by atoms with Crippen molar-refractivity contribution in [3.05, 3.63) is 0 Å². The van der Waals surface area contributed by atoms with Gasteiger partial charge in [0.05, 0.1) is 5.75 Å². The van der Waals surface area contributed by atoms with Gasteiger partial charge in [-0.1, -0.05) is 89.9 Å². The van der Waals surface area contributed by atoms with E-state index in [1.165, 1.54) is 77.0 Å². The molecule has 0 aliphatic heterocycles. The molecule has 0 aromatic heterocycles. The Morgan fingerprint density at radius 1 is 0.600 bits per heavy atom. The molecule has 4 nitrogen and oxygen atoms in total. The summed E-state index contributed by atoms with van der Waals surface area (Å²) < 4.78 is 29.7. The van der Waals surface area contributed by atoms with Crippen LogP contribution in [0.2, 0.25) is 0 Å². The summed E-state index contributed by atoms with van der Waals surface area (Å²) in [6.45, 7) is 1.67. The van der Waals surface area contributed by atoms with E-state index in [9.17, 15) is 13.2 Å². The van der Waals surface area contributed by atoms with E-state index in [1.807, 2.05) is 0 Å². The summed E-state index contributed by atoms with van der Waals surface area (Å²) in [5, 5.41) is 0. The second kappa shape index (κ2) is 17.0. The molecule has 0 fully saturated rings. The number of carbonyl (C=O) groups excluding carboxylic acids is 1. The summed E-state index contributed by atoms with van der Waals surface area (Å²) in [4.78, 5) is 10.8. The van der Waals surface area contributed by atoms with Crippen molar-refractivity contribution in [3.8, 4) is 0 Å². The maximum atomic E-state index is 10.8. The van der Waals surface area contributed by atoms with Crippen LogP contribution < -0.4 is 0 Å². The van der Waals surface area contributed by atoms with Crippen LogP contribution in [0.4, 0.5) is 0 Å². The molecule has 5 heteroatoms. The van der Waals surface area contributed by atoms with Crippen LogP contribution in [0, 0.1) is 0 Å². The van der Waals surface area contributed by atoms with E-state index in [1.54, 1.807) is 6.92 Å². The normalized spacial score (nSPS) is 11.8. The lowest BCUT2D eigenvalue weighted by Crippen LogP contribution is -2.03. The average molecular weight is 377 g/mol. The van der Waals surface area contributed by atoms with Crippen LogP contribution in [-0.2, 0) is 14.9 Å². The van der Waals surface area contributed by atoms with Crippen molar-refractivity contribution in [1.82, 2.24) is 0 Å². The minimum atomic E-state index is -3.76. The highest BCUT2D eigenvalue weighted by Gasteiger charge is 2.02. The molecule has 150 valence electrons. The van der Waals surface area contributed by atoms with Gasteiger partial charge in [0.15, 0.2) is 0 Å². The SMILES string of the molecule is CC(=O)CCCCCCCCCCCCCCCCCCS(=O)(=O)O. The highest BCUT2D eigenvalue weighted by Crippen LogP contribution is 2.14. The number of carbonyl (C=O) groups is 1. The van der Waals surface area contributed by atoms with E-state index >= 15 is 0 Å². The number of hydrogen-bond donors (Lipinski definition) is 1. The lowest BCUT2D eigenvalue weighted by Gasteiger charge is -2.03. The Kier molecular flexibility index (Phi) is 16.7. The van der Waals surface area contributed by atoms with E-state index in [4.69, 9.17) is 4.55 Å². The molecular formula is C20H40O4S. The molecule has 0 aliphatic carbocycles. The van der Waals surface area contributed by atoms with Crippen molar-refractivity contribution >= 4 is 15.9 Å². The molecule has 0 aliphatic rings. The Balaban J connectivity index is 3.06. The Hall–Kier alpha value is -0.420. The first-order chi connectivity index (χ1) is 11.9. The summed E-state index contributed by atoms with van der Waals surface area (Å²) in [5.74, 6) is 0.225. The van der Waals surface area contributed by atoms with Gasteiger partial charge in [-0.25, -0.2) is 0 Å². The van der Waals surface area contributed by atoms with Crippen molar-refractivity contribution in [3.63, 3.8) is 0 Å². The summed E-state index contributed by atoms with van der Waals surface area (Å²) >= 11 is 0. The Morgan fingerprint density at radius 2 is 0.880 bits per heavy atom.